The van der Waals surface area contributed by atoms with Crippen molar-refractivity contribution in [3.63, 3.8) is 0 Å². The molecule has 1 spiro atoms. The van der Waals surface area contributed by atoms with Crippen molar-refractivity contribution in [2.45, 2.75) is 38.8 Å². The molecule has 2 fully saturated rings. The highest BCUT2D eigenvalue weighted by Crippen LogP contribution is 2.31. The zero-order valence-electron chi connectivity index (χ0n) is 12.8. The van der Waals surface area contributed by atoms with Crippen LogP contribution in [0, 0.1) is 6.92 Å². The third-order valence-corrected chi connectivity index (χ3v) is 5.39. The van der Waals surface area contributed by atoms with E-state index in [0.29, 0.717) is 13.1 Å². The van der Waals surface area contributed by atoms with Crippen molar-refractivity contribution in [2.24, 2.45) is 0 Å². The Morgan fingerprint density at radius 1 is 1.43 bits per heavy atom. The topological polar surface area (TPSA) is 45.7 Å². The molecule has 0 bridgehead atoms. The van der Waals surface area contributed by atoms with Crippen LogP contribution in [-0.4, -0.2) is 59.1 Å². The number of carbonyl (C=O) groups is 1. The van der Waals surface area contributed by atoms with Crippen LogP contribution in [-0.2, 0) is 16.1 Å². The van der Waals surface area contributed by atoms with Crippen LogP contribution in [0.4, 0.5) is 0 Å². The van der Waals surface area contributed by atoms with Gasteiger partial charge in [-0.05, 0) is 26.3 Å². The number of hydrogen-bond acceptors (Lipinski definition) is 5. The van der Waals surface area contributed by atoms with E-state index in [9.17, 15) is 4.79 Å². The van der Waals surface area contributed by atoms with E-state index < -0.39 is 0 Å². The van der Waals surface area contributed by atoms with E-state index in [1.165, 1.54) is 0 Å². The van der Waals surface area contributed by atoms with Gasteiger partial charge in [0.05, 0.1) is 29.4 Å². The Bertz CT molecular complexity index is 509. The molecule has 5 nitrogen and oxygen atoms in total. The van der Waals surface area contributed by atoms with Gasteiger partial charge in [0.15, 0.2) is 0 Å². The van der Waals surface area contributed by atoms with E-state index in [1.54, 1.807) is 11.3 Å². The van der Waals surface area contributed by atoms with Crippen LogP contribution in [0.25, 0.3) is 0 Å². The summed E-state index contributed by atoms with van der Waals surface area (Å²) >= 11 is 1.64. The fraction of sp³-hybridized carbons (Fsp3) is 0.733. The Morgan fingerprint density at radius 3 is 2.81 bits per heavy atom. The molecule has 0 N–H and O–H groups in total. The molecular formula is C15H23N3O2S. The van der Waals surface area contributed by atoms with Gasteiger partial charge in [-0.3, -0.25) is 4.79 Å². The van der Waals surface area contributed by atoms with Crippen molar-refractivity contribution in [3.8, 4) is 0 Å². The predicted octanol–water partition coefficient (Wildman–Crippen LogP) is 1.66. The minimum absolute atomic E-state index is 0.0872. The van der Waals surface area contributed by atoms with Crippen LogP contribution in [0.1, 0.15) is 30.5 Å². The van der Waals surface area contributed by atoms with Gasteiger partial charge in [0.1, 0.15) is 6.61 Å². The summed E-state index contributed by atoms with van der Waals surface area (Å²) in [5, 5.41) is 3.10. The van der Waals surface area contributed by atoms with Crippen LogP contribution < -0.4 is 0 Å². The fourth-order valence-electron chi connectivity index (χ4n) is 3.19. The lowest BCUT2D eigenvalue weighted by Crippen LogP contribution is -2.58. The van der Waals surface area contributed by atoms with Crippen LogP contribution in [0.15, 0.2) is 5.38 Å². The molecule has 1 amide bonds. The van der Waals surface area contributed by atoms with E-state index >= 15 is 0 Å². The summed E-state index contributed by atoms with van der Waals surface area (Å²) in [6.45, 7) is 8.96. The Hall–Kier alpha value is -0.980. The molecule has 0 saturated carbocycles. The first kappa shape index (κ1) is 14.9. The number of rotatable bonds is 3. The lowest BCUT2D eigenvalue weighted by atomic mass is 9.89. The molecular weight excluding hydrogens is 286 g/mol. The highest BCUT2D eigenvalue weighted by molar-refractivity contribution is 7.09. The molecule has 0 unspecified atom stereocenters. The first-order chi connectivity index (χ1) is 10.1. The number of aryl methyl sites for hydroxylation is 1. The van der Waals surface area contributed by atoms with Gasteiger partial charge in [-0.25, -0.2) is 4.98 Å². The lowest BCUT2D eigenvalue weighted by Gasteiger charge is -2.46. The van der Waals surface area contributed by atoms with E-state index in [-0.39, 0.29) is 18.1 Å². The summed E-state index contributed by atoms with van der Waals surface area (Å²) in [6, 6.07) is 0. The number of likely N-dealkylation sites (tertiary alicyclic amines) is 1. The minimum Gasteiger partial charge on any atom is -0.363 e. The minimum atomic E-state index is -0.134. The van der Waals surface area contributed by atoms with Gasteiger partial charge in [-0.15, -0.1) is 11.3 Å². The number of amides is 1. The van der Waals surface area contributed by atoms with Gasteiger partial charge in [0, 0.05) is 18.5 Å². The molecule has 2 aliphatic heterocycles. The molecule has 0 aromatic carbocycles. The first-order valence-corrected chi connectivity index (χ1v) is 8.53. The third-order valence-electron chi connectivity index (χ3n) is 4.57. The van der Waals surface area contributed by atoms with Gasteiger partial charge in [-0.1, -0.05) is 6.92 Å². The molecule has 1 aromatic rings. The quantitative estimate of drug-likeness (QED) is 0.852. The standard InChI is InChI=1S/C15H23N3O2S/c1-3-17-6-4-15(5-7-17)11-18(14(19)9-20-15)8-13-10-21-12(2)16-13/h10H,3-9,11H2,1-2H3. The highest BCUT2D eigenvalue weighted by atomic mass is 32.1. The second-order valence-corrected chi connectivity index (χ2v) is 7.08. The second kappa shape index (κ2) is 6.02. The number of carbonyl (C=O) groups excluding carboxylic acids is 1. The van der Waals surface area contributed by atoms with E-state index in [1.807, 2.05) is 17.2 Å². The number of nitrogens with zero attached hydrogens (tertiary/aromatic N) is 3. The Morgan fingerprint density at radius 2 is 2.19 bits per heavy atom. The van der Waals surface area contributed by atoms with Gasteiger partial charge >= 0.3 is 0 Å². The summed E-state index contributed by atoms with van der Waals surface area (Å²) in [5.74, 6) is 0.0872. The maximum absolute atomic E-state index is 12.1. The average Bonchev–Trinajstić information content (AvgIpc) is 2.89. The van der Waals surface area contributed by atoms with Crippen LogP contribution in [0.5, 0.6) is 0 Å². The summed E-state index contributed by atoms with van der Waals surface area (Å²) in [5.41, 5.74) is 0.860. The Kier molecular flexibility index (Phi) is 4.28. The molecule has 2 aliphatic rings. The normalized spacial score (nSPS) is 23.0. The first-order valence-electron chi connectivity index (χ1n) is 7.65. The van der Waals surface area contributed by atoms with Crippen LogP contribution >= 0.6 is 11.3 Å². The summed E-state index contributed by atoms with van der Waals surface area (Å²) in [4.78, 5) is 21.0. The van der Waals surface area contributed by atoms with Crippen molar-refractivity contribution in [1.29, 1.82) is 0 Å². The summed E-state index contributed by atoms with van der Waals surface area (Å²) < 4.78 is 5.95. The number of piperidine rings is 1. The molecule has 3 heterocycles. The lowest BCUT2D eigenvalue weighted by molar-refractivity contribution is -0.172. The predicted molar refractivity (Wildman–Crippen MR) is 82.3 cm³/mol. The number of hydrogen-bond donors (Lipinski definition) is 0. The zero-order chi connectivity index (χ0) is 14.9. The van der Waals surface area contributed by atoms with E-state index in [4.69, 9.17) is 4.74 Å². The zero-order valence-corrected chi connectivity index (χ0v) is 13.6. The SMILES string of the molecule is CCN1CCC2(CC1)CN(Cc1csc(C)n1)C(=O)CO2. The fourth-order valence-corrected chi connectivity index (χ4v) is 3.79. The van der Waals surface area contributed by atoms with Crippen LogP contribution in [0.2, 0.25) is 0 Å². The molecule has 116 valence electrons. The van der Waals surface area contributed by atoms with Crippen molar-refractivity contribution in [2.75, 3.05) is 32.8 Å². The summed E-state index contributed by atoms with van der Waals surface area (Å²) in [6.07, 6.45) is 2.03. The molecule has 6 heteroatoms. The Labute approximate surface area is 129 Å². The highest BCUT2D eigenvalue weighted by Gasteiger charge is 2.42. The average molecular weight is 309 g/mol. The van der Waals surface area contributed by atoms with Crippen molar-refractivity contribution in [3.05, 3.63) is 16.1 Å². The monoisotopic (exact) mass is 309 g/mol. The molecule has 2 saturated heterocycles. The van der Waals surface area contributed by atoms with Gasteiger partial charge in [0.25, 0.3) is 0 Å². The van der Waals surface area contributed by atoms with Gasteiger partial charge < -0.3 is 14.5 Å². The second-order valence-electron chi connectivity index (χ2n) is 6.01. The van der Waals surface area contributed by atoms with Gasteiger partial charge in [-0.2, -0.15) is 0 Å². The Balaban J connectivity index is 1.66. The number of thiazole rings is 1. The maximum atomic E-state index is 12.1. The molecule has 1 aromatic heterocycles. The smallest absolute Gasteiger partial charge is 0.249 e. The molecule has 0 atom stereocenters. The van der Waals surface area contributed by atoms with E-state index in [2.05, 4.69) is 16.8 Å². The van der Waals surface area contributed by atoms with Crippen molar-refractivity contribution < 1.29 is 9.53 Å². The van der Waals surface area contributed by atoms with Crippen LogP contribution in [0.3, 0.4) is 0 Å². The number of morpholine rings is 1. The largest absolute Gasteiger partial charge is 0.363 e. The molecule has 0 aliphatic carbocycles. The molecule has 21 heavy (non-hydrogen) atoms. The third kappa shape index (κ3) is 3.27. The molecule has 3 rings (SSSR count). The number of ether oxygens (including phenoxy) is 1. The van der Waals surface area contributed by atoms with Crippen molar-refractivity contribution >= 4 is 17.2 Å². The molecule has 0 radical (unpaired) electrons. The maximum Gasteiger partial charge on any atom is 0.249 e. The summed E-state index contributed by atoms with van der Waals surface area (Å²) in [7, 11) is 0. The van der Waals surface area contributed by atoms with Crippen molar-refractivity contribution in [1.82, 2.24) is 14.8 Å². The van der Waals surface area contributed by atoms with Gasteiger partial charge in [0.2, 0.25) is 5.91 Å². The van der Waals surface area contributed by atoms with E-state index in [0.717, 1.165) is 43.2 Å². The number of aromatic nitrogens is 1.